The van der Waals surface area contributed by atoms with Crippen molar-refractivity contribution >= 4 is 29.1 Å². The van der Waals surface area contributed by atoms with Gasteiger partial charge in [-0.25, -0.2) is 4.98 Å². The van der Waals surface area contributed by atoms with E-state index in [2.05, 4.69) is 15.3 Å². The minimum atomic E-state index is -0.0657. The number of amides is 1. The highest BCUT2D eigenvalue weighted by Gasteiger charge is 2.09. The summed E-state index contributed by atoms with van der Waals surface area (Å²) >= 11 is 11.4. The van der Waals surface area contributed by atoms with Crippen molar-refractivity contribution < 1.29 is 4.79 Å². The van der Waals surface area contributed by atoms with Gasteiger partial charge in [0.05, 0.1) is 18.4 Å². The molecule has 1 N–H and O–H groups in total. The van der Waals surface area contributed by atoms with Gasteiger partial charge in [-0.1, -0.05) is 37.0 Å². The second-order valence-corrected chi connectivity index (χ2v) is 4.05. The second kappa shape index (κ2) is 5.28. The third-order valence-electron chi connectivity index (χ3n) is 1.72. The number of halogens is 2. The Morgan fingerprint density at radius 3 is 2.73 bits per heavy atom. The van der Waals surface area contributed by atoms with Gasteiger partial charge in [-0.15, -0.1) is 0 Å². The van der Waals surface area contributed by atoms with Crippen LogP contribution in [-0.4, -0.2) is 15.9 Å². The average Bonchev–Trinajstić information content (AvgIpc) is 2.15. The lowest BCUT2D eigenvalue weighted by atomic mass is 10.2. The largest absolute Gasteiger partial charge is 0.350 e. The molecule has 0 saturated carbocycles. The van der Waals surface area contributed by atoms with Gasteiger partial charge < -0.3 is 5.32 Å². The maximum absolute atomic E-state index is 11.3. The van der Waals surface area contributed by atoms with Crippen LogP contribution in [0, 0.1) is 5.92 Å². The molecule has 82 valence electrons. The van der Waals surface area contributed by atoms with Crippen LogP contribution < -0.4 is 5.32 Å². The van der Waals surface area contributed by atoms with Crippen molar-refractivity contribution in [3.05, 3.63) is 22.2 Å². The molecule has 1 rings (SSSR count). The van der Waals surface area contributed by atoms with Crippen molar-refractivity contribution in [1.82, 2.24) is 15.3 Å². The quantitative estimate of drug-likeness (QED) is 0.890. The van der Waals surface area contributed by atoms with Crippen molar-refractivity contribution in [3.63, 3.8) is 0 Å². The van der Waals surface area contributed by atoms with E-state index < -0.39 is 0 Å². The lowest BCUT2D eigenvalue weighted by Crippen LogP contribution is -2.27. The Bertz CT molecular complexity index is 368. The van der Waals surface area contributed by atoms with Crippen LogP contribution in [0.4, 0.5) is 0 Å². The molecule has 15 heavy (non-hydrogen) atoms. The smallest absolute Gasteiger partial charge is 0.222 e. The van der Waals surface area contributed by atoms with Crippen LogP contribution >= 0.6 is 23.2 Å². The second-order valence-electron chi connectivity index (χ2n) is 3.30. The van der Waals surface area contributed by atoms with Gasteiger partial charge in [0.2, 0.25) is 5.91 Å². The Balaban J connectivity index is 2.62. The van der Waals surface area contributed by atoms with Crippen molar-refractivity contribution in [2.45, 2.75) is 20.4 Å². The Morgan fingerprint density at radius 1 is 1.53 bits per heavy atom. The molecule has 0 saturated heterocycles. The lowest BCUT2D eigenvalue weighted by molar-refractivity contribution is -0.124. The maximum Gasteiger partial charge on any atom is 0.222 e. The molecule has 6 heteroatoms. The summed E-state index contributed by atoms with van der Waals surface area (Å²) in [7, 11) is 0. The predicted octanol–water partition coefficient (Wildman–Crippen LogP) is 2.06. The predicted molar refractivity (Wildman–Crippen MR) is 58.7 cm³/mol. The Kier molecular flexibility index (Phi) is 4.29. The standard InChI is InChI=1S/C9H11Cl2N3O/c1-5(2)9(15)13-3-6-8(11)14-7(10)4-12-6/h4-5H,3H2,1-2H3,(H,13,15). The molecule has 0 fully saturated rings. The van der Waals surface area contributed by atoms with Gasteiger partial charge >= 0.3 is 0 Å². The summed E-state index contributed by atoms with van der Waals surface area (Å²) in [6.07, 6.45) is 1.39. The number of aromatic nitrogens is 2. The zero-order valence-electron chi connectivity index (χ0n) is 8.42. The number of carbonyl (C=O) groups excluding carboxylic acids is 1. The Hall–Kier alpha value is -0.870. The molecule has 0 atom stereocenters. The van der Waals surface area contributed by atoms with Crippen LogP contribution in [0.25, 0.3) is 0 Å². The summed E-state index contributed by atoms with van der Waals surface area (Å²) in [5.41, 5.74) is 0.509. The first-order chi connectivity index (χ1) is 7.00. The molecule has 0 radical (unpaired) electrons. The minimum absolute atomic E-state index is 0.0529. The summed E-state index contributed by atoms with van der Waals surface area (Å²) in [5.74, 6) is -0.119. The highest BCUT2D eigenvalue weighted by Crippen LogP contribution is 2.13. The number of nitrogens with zero attached hydrogens (tertiary/aromatic N) is 2. The molecule has 0 aliphatic carbocycles. The first kappa shape index (κ1) is 12.2. The van der Waals surface area contributed by atoms with Crippen LogP contribution in [0.15, 0.2) is 6.20 Å². The third-order valence-corrected chi connectivity index (χ3v) is 2.21. The van der Waals surface area contributed by atoms with E-state index in [-0.39, 0.29) is 28.7 Å². The van der Waals surface area contributed by atoms with Gasteiger partial charge in [-0.2, -0.15) is 0 Å². The zero-order valence-corrected chi connectivity index (χ0v) is 9.93. The summed E-state index contributed by atoms with van der Waals surface area (Å²) in [5, 5.41) is 3.14. The van der Waals surface area contributed by atoms with Crippen LogP contribution in [-0.2, 0) is 11.3 Å². The van der Waals surface area contributed by atoms with Crippen molar-refractivity contribution in [1.29, 1.82) is 0 Å². The van der Waals surface area contributed by atoms with E-state index in [1.54, 1.807) is 0 Å². The summed E-state index contributed by atoms with van der Waals surface area (Å²) < 4.78 is 0. The maximum atomic E-state index is 11.3. The van der Waals surface area contributed by atoms with Crippen LogP contribution in [0.2, 0.25) is 10.3 Å². The summed E-state index contributed by atoms with van der Waals surface area (Å²) in [6, 6.07) is 0. The molecule has 0 aromatic carbocycles. The molecule has 0 bridgehead atoms. The first-order valence-corrected chi connectivity index (χ1v) is 5.21. The fourth-order valence-corrected chi connectivity index (χ4v) is 1.25. The van der Waals surface area contributed by atoms with Gasteiger partial charge in [0.1, 0.15) is 5.15 Å². The zero-order chi connectivity index (χ0) is 11.4. The topological polar surface area (TPSA) is 54.9 Å². The molecule has 0 spiro atoms. The molecule has 4 nitrogen and oxygen atoms in total. The summed E-state index contributed by atoms with van der Waals surface area (Å²) in [4.78, 5) is 19.0. The van der Waals surface area contributed by atoms with E-state index in [1.807, 2.05) is 13.8 Å². The molecule has 1 amide bonds. The van der Waals surface area contributed by atoms with E-state index in [9.17, 15) is 4.79 Å². The number of carbonyl (C=O) groups is 1. The lowest BCUT2D eigenvalue weighted by Gasteiger charge is -2.07. The van der Waals surface area contributed by atoms with Gasteiger partial charge in [0.15, 0.2) is 5.15 Å². The van der Waals surface area contributed by atoms with Gasteiger partial charge in [0, 0.05) is 5.92 Å². The van der Waals surface area contributed by atoms with Crippen LogP contribution in [0.1, 0.15) is 19.5 Å². The molecule has 0 aliphatic rings. The van der Waals surface area contributed by atoms with Crippen LogP contribution in [0.3, 0.4) is 0 Å². The van der Waals surface area contributed by atoms with Crippen LogP contribution in [0.5, 0.6) is 0 Å². The molecule has 1 aromatic heterocycles. The summed E-state index contributed by atoms with van der Waals surface area (Å²) in [6.45, 7) is 3.88. The number of hydrogen-bond acceptors (Lipinski definition) is 3. The minimum Gasteiger partial charge on any atom is -0.350 e. The highest BCUT2D eigenvalue weighted by molar-refractivity contribution is 6.32. The van der Waals surface area contributed by atoms with E-state index in [1.165, 1.54) is 6.20 Å². The number of rotatable bonds is 3. The van der Waals surface area contributed by atoms with Crippen molar-refractivity contribution in [2.24, 2.45) is 5.92 Å². The van der Waals surface area contributed by atoms with Gasteiger partial charge in [-0.3, -0.25) is 9.78 Å². The van der Waals surface area contributed by atoms with E-state index >= 15 is 0 Å². The molecule has 0 unspecified atom stereocenters. The fourth-order valence-electron chi connectivity index (χ4n) is 0.865. The fraction of sp³-hybridized carbons (Fsp3) is 0.444. The van der Waals surface area contributed by atoms with Crippen molar-refractivity contribution in [3.8, 4) is 0 Å². The monoisotopic (exact) mass is 247 g/mol. The first-order valence-electron chi connectivity index (χ1n) is 4.45. The molecular weight excluding hydrogens is 237 g/mol. The van der Waals surface area contributed by atoms with Crippen molar-refractivity contribution in [2.75, 3.05) is 0 Å². The molecular formula is C9H11Cl2N3O. The average molecular weight is 248 g/mol. The molecule has 1 heterocycles. The molecule has 0 aliphatic heterocycles. The Morgan fingerprint density at radius 2 is 2.20 bits per heavy atom. The normalized spacial score (nSPS) is 10.5. The highest BCUT2D eigenvalue weighted by atomic mass is 35.5. The number of nitrogens with one attached hydrogen (secondary N) is 1. The van der Waals surface area contributed by atoms with E-state index in [0.717, 1.165) is 0 Å². The Labute approximate surface area is 98.0 Å². The van der Waals surface area contributed by atoms with E-state index in [4.69, 9.17) is 23.2 Å². The molecule has 1 aromatic rings. The third kappa shape index (κ3) is 3.64. The number of hydrogen-bond donors (Lipinski definition) is 1. The van der Waals surface area contributed by atoms with Gasteiger partial charge in [-0.05, 0) is 0 Å². The SMILES string of the molecule is CC(C)C(=O)NCc1ncc(Cl)nc1Cl. The van der Waals surface area contributed by atoms with E-state index in [0.29, 0.717) is 5.69 Å². The van der Waals surface area contributed by atoms with Gasteiger partial charge in [0.25, 0.3) is 0 Å².